The maximum Gasteiger partial charge on any atom is 0.252 e. The van der Waals surface area contributed by atoms with E-state index in [2.05, 4.69) is 5.32 Å². The number of rotatable bonds is 8. The second-order valence-electron chi connectivity index (χ2n) is 5.18. The molecule has 25 heavy (non-hydrogen) atoms. The van der Waals surface area contributed by atoms with Gasteiger partial charge in [-0.1, -0.05) is 23.7 Å². The number of thiophene rings is 1. The van der Waals surface area contributed by atoms with Crippen molar-refractivity contribution < 1.29 is 17.9 Å². The van der Waals surface area contributed by atoms with Gasteiger partial charge in [0.05, 0.1) is 17.5 Å². The van der Waals surface area contributed by atoms with Gasteiger partial charge in [-0.15, -0.1) is 11.3 Å². The molecule has 0 aliphatic heterocycles. The van der Waals surface area contributed by atoms with Crippen molar-refractivity contribution in [1.82, 2.24) is 9.62 Å². The van der Waals surface area contributed by atoms with Crippen LogP contribution in [0.15, 0.2) is 40.6 Å². The molecular weight excluding hydrogens is 384 g/mol. The molecule has 0 aliphatic carbocycles. The van der Waals surface area contributed by atoms with Gasteiger partial charge in [0.25, 0.3) is 10.0 Å². The molecular formula is C16H19ClN2O4S2. The van der Waals surface area contributed by atoms with Gasteiger partial charge >= 0.3 is 0 Å². The number of hydrogen-bond acceptors (Lipinski definition) is 5. The fourth-order valence-electron chi connectivity index (χ4n) is 2.05. The van der Waals surface area contributed by atoms with Crippen LogP contribution in [0.3, 0.4) is 0 Å². The molecule has 2 rings (SSSR count). The summed E-state index contributed by atoms with van der Waals surface area (Å²) in [5, 5.41) is 2.70. The fraction of sp³-hybridized carbons (Fsp3) is 0.312. The van der Waals surface area contributed by atoms with E-state index in [0.717, 1.165) is 27.0 Å². The van der Waals surface area contributed by atoms with Crippen molar-refractivity contribution >= 4 is 38.9 Å². The maximum absolute atomic E-state index is 12.4. The van der Waals surface area contributed by atoms with E-state index in [1.54, 1.807) is 0 Å². The number of amides is 1. The maximum atomic E-state index is 12.4. The first-order chi connectivity index (χ1) is 11.8. The molecule has 1 N–H and O–H groups in total. The highest BCUT2D eigenvalue weighted by atomic mass is 35.5. The molecule has 1 aromatic carbocycles. The molecule has 1 amide bonds. The molecule has 0 saturated heterocycles. The van der Waals surface area contributed by atoms with Gasteiger partial charge in [-0.3, -0.25) is 4.79 Å². The summed E-state index contributed by atoms with van der Waals surface area (Å²) in [6.07, 6.45) is 0. The minimum atomic E-state index is -3.72. The first-order valence-electron chi connectivity index (χ1n) is 7.53. The van der Waals surface area contributed by atoms with Crippen LogP contribution in [0, 0.1) is 0 Å². The minimum Gasteiger partial charge on any atom is -0.494 e. The van der Waals surface area contributed by atoms with Gasteiger partial charge in [-0.25, -0.2) is 8.42 Å². The van der Waals surface area contributed by atoms with Crippen LogP contribution in [0.25, 0.3) is 0 Å². The Bertz CT molecular complexity index is 836. The molecule has 0 bridgehead atoms. The summed E-state index contributed by atoms with van der Waals surface area (Å²) in [6, 6.07) is 10.3. The molecule has 0 unspecified atom stereocenters. The molecule has 136 valence electrons. The monoisotopic (exact) mass is 402 g/mol. The summed E-state index contributed by atoms with van der Waals surface area (Å²) in [5.74, 6) is 0.332. The van der Waals surface area contributed by atoms with E-state index in [1.165, 1.54) is 19.2 Å². The molecule has 1 heterocycles. The Hall–Kier alpha value is -1.61. The van der Waals surface area contributed by atoms with E-state index in [1.807, 2.05) is 31.2 Å². The predicted octanol–water partition coefficient (Wildman–Crippen LogP) is 2.74. The zero-order valence-corrected chi connectivity index (χ0v) is 16.2. The molecule has 6 nitrogen and oxygen atoms in total. The molecule has 1 aromatic heterocycles. The highest BCUT2D eigenvalue weighted by molar-refractivity contribution is 7.91. The normalized spacial score (nSPS) is 11.5. The molecule has 0 spiro atoms. The Labute approximate surface area is 156 Å². The number of likely N-dealkylation sites (N-methyl/N-ethyl adjacent to an activating group) is 1. The average Bonchev–Trinajstić information content (AvgIpc) is 3.01. The van der Waals surface area contributed by atoms with E-state index in [0.29, 0.717) is 17.5 Å². The second kappa shape index (κ2) is 8.66. The van der Waals surface area contributed by atoms with E-state index >= 15 is 0 Å². The molecule has 0 radical (unpaired) electrons. The highest BCUT2D eigenvalue weighted by Crippen LogP contribution is 2.27. The lowest BCUT2D eigenvalue weighted by Gasteiger charge is -2.15. The summed E-state index contributed by atoms with van der Waals surface area (Å²) in [6.45, 7) is 2.47. The zero-order valence-electron chi connectivity index (χ0n) is 13.9. The van der Waals surface area contributed by atoms with Crippen LogP contribution in [-0.4, -0.2) is 38.8 Å². The van der Waals surface area contributed by atoms with Crippen LogP contribution in [0.5, 0.6) is 5.75 Å². The quantitative estimate of drug-likeness (QED) is 0.736. The van der Waals surface area contributed by atoms with Gasteiger partial charge < -0.3 is 10.1 Å². The summed E-state index contributed by atoms with van der Waals surface area (Å²) in [5.41, 5.74) is 0.870. The number of carbonyl (C=O) groups excluding carboxylic acids is 1. The van der Waals surface area contributed by atoms with Crippen LogP contribution in [0.4, 0.5) is 0 Å². The number of hydrogen-bond donors (Lipinski definition) is 1. The van der Waals surface area contributed by atoms with E-state index in [4.69, 9.17) is 16.3 Å². The Morgan fingerprint density at radius 3 is 2.72 bits per heavy atom. The largest absolute Gasteiger partial charge is 0.494 e. The van der Waals surface area contributed by atoms with Crippen molar-refractivity contribution in [3.05, 3.63) is 46.3 Å². The molecule has 0 fully saturated rings. The van der Waals surface area contributed by atoms with Gasteiger partial charge in [0.15, 0.2) is 0 Å². The van der Waals surface area contributed by atoms with Crippen LogP contribution in [-0.2, 0) is 21.4 Å². The molecule has 0 saturated carbocycles. The molecule has 9 heteroatoms. The van der Waals surface area contributed by atoms with E-state index in [-0.39, 0.29) is 10.8 Å². The third-order valence-electron chi connectivity index (χ3n) is 3.28. The first-order valence-corrected chi connectivity index (χ1v) is 10.2. The number of halogens is 1. The van der Waals surface area contributed by atoms with Crippen molar-refractivity contribution in [2.24, 2.45) is 0 Å². The smallest absolute Gasteiger partial charge is 0.252 e. The van der Waals surface area contributed by atoms with Gasteiger partial charge in [0.2, 0.25) is 5.91 Å². The summed E-state index contributed by atoms with van der Waals surface area (Å²) in [7, 11) is -2.36. The van der Waals surface area contributed by atoms with Crippen LogP contribution in [0.1, 0.15) is 12.5 Å². The van der Waals surface area contributed by atoms with Crippen molar-refractivity contribution in [1.29, 1.82) is 0 Å². The number of nitrogens with one attached hydrogen (secondary N) is 1. The van der Waals surface area contributed by atoms with Crippen molar-refractivity contribution in [2.45, 2.75) is 17.7 Å². The molecule has 0 atom stereocenters. The highest BCUT2D eigenvalue weighted by Gasteiger charge is 2.24. The fourth-order valence-corrected chi connectivity index (χ4v) is 4.87. The number of carbonyl (C=O) groups is 1. The lowest BCUT2D eigenvalue weighted by molar-refractivity contribution is -0.121. The zero-order chi connectivity index (χ0) is 18.4. The second-order valence-corrected chi connectivity index (χ2v) is 9.16. The topological polar surface area (TPSA) is 75.7 Å². The SMILES string of the molecule is CCOc1cccc(CNC(=O)CN(C)S(=O)(=O)c2ccc(Cl)s2)c1. The Morgan fingerprint density at radius 2 is 2.08 bits per heavy atom. The lowest BCUT2D eigenvalue weighted by atomic mass is 10.2. The summed E-state index contributed by atoms with van der Waals surface area (Å²) < 4.78 is 31.6. The Balaban J connectivity index is 1.92. The Morgan fingerprint density at radius 1 is 1.32 bits per heavy atom. The number of ether oxygens (including phenoxy) is 1. The van der Waals surface area contributed by atoms with E-state index < -0.39 is 15.9 Å². The molecule has 0 aliphatic rings. The Kier molecular flexibility index (Phi) is 6.83. The average molecular weight is 403 g/mol. The summed E-state index contributed by atoms with van der Waals surface area (Å²) in [4.78, 5) is 12.0. The number of sulfonamides is 1. The van der Waals surface area contributed by atoms with Crippen LogP contribution < -0.4 is 10.1 Å². The van der Waals surface area contributed by atoms with Gasteiger partial charge in [0.1, 0.15) is 9.96 Å². The lowest BCUT2D eigenvalue weighted by Crippen LogP contribution is -2.37. The van der Waals surface area contributed by atoms with Gasteiger partial charge in [0, 0.05) is 13.6 Å². The summed E-state index contributed by atoms with van der Waals surface area (Å²) >= 11 is 6.73. The van der Waals surface area contributed by atoms with Crippen molar-refractivity contribution in [3.8, 4) is 5.75 Å². The predicted molar refractivity (Wildman–Crippen MR) is 98.6 cm³/mol. The van der Waals surface area contributed by atoms with E-state index in [9.17, 15) is 13.2 Å². The van der Waals surface area contributed by atoms with Gasteiger partial charge in [-0.05, 0) is 36.8 Å². The third-order valence-corrected chi connectivity index (χ3v) is 6.78. The van der Waals surface area contributed by atoms with Crippen molar-refractivity contribution in [3.63, 3.8) is 0 Å². The standard InChI is InChI=1S/C16H19ClN2O4S2/c1-3-23-13-6-4-5-12(9-13)10-18-15(20)11-19(2)25(21,22)16-8-7-14(17)24-16/h4-9H,3,10-11H2,1-2H3,(H,18,20). The first kappa shape index (κ1) is 19.7. The van der Waals surface area contributed by atoms with Crippen molar-refractivity contribution in [2.75, 3.05) is 20.2 Å². The number of nitrogens with zero attached hydrogens (tertiary/aromatic N) is 1. The van der Waals surface area contributed by atoms with Crippen LogP contribution in [0.2, 0.25) is 4.34 Å². The minimum absolute atomic E-state index is 0.109. The van der Waals surface area contributed by atoms with Crippen LogP contribution >= 0.6 is 22.9 Å². The molecule has 2 aromatic rings. The van der Waals surface area contributed by atoms with Gasteiger partial charge in [-0.2, -0.15) is 4.31 Å². The third kappa shape index (κ3) is 5.43. The number of benzene rings is 1.